The zero-order chi connectivity index (χ0) is 13.4. The van der Waals surface area contributed by atoms with E-state index in [1.807, 2.05) is 4.68 Å². The highest BCUT2D eigenvalue weighted by atomic mass is 16.1. The van der Waals surface area contributed by atoms with Crippen LogP contribution in [0.1, 0.15) is 47.1 Å². The summed E-state index contributed by atoms with van der Waals surface area (Å²) in [7, 11) is 0. The summed E-state index contributed by atoms with van der Waals surface area (Å²) >= 11 is 0. The lowest BCUT2D eigenvalue weighted by Crippen LogP contribution is -2.08. The van der Waals surface area contributed by atoms with Crippen molar-refractivity contribution in [2.45, 2.75) is 39.5 Å². The number of fused-ring (bicyclic) bond motifs is 1. The standard InChI is InChI=1S/C16H18N2O/c1-11-7-9-13(10-8-11)18-15-6-4-3-5-14(15)16(17-18)12(2)19/h7-10H,3-6H2,1-2H3. The summed E-state index contributed by atoms with van der Waals surface area (Å²) in [6.45, 7) is 3.68. The molecule has 0 saturated carbocycles. The number of hydrogen-bond acceptors (Lipinski definition) is 2. The molecule has 0 unspecified atom stereocenters. The minimum absolute atomic E-state index is 0.0732. The molecule has 0 radical (unpaired) electrons. The van der Waals surface area contributed by atoms with E-state index in [0.29, 0.717) is 5.69 Å². The predicted molar refractivity (Wildman–Crippen MR) is 74.9 cm³/mol. The maximum atomic E-state index is 11.7. The van der Waals surface area contributed by atoms with Crippen LogP contribution in [0.25, 0.3) is 5.69 Å². The van der Waals surface area contributed by atoms with Crippen molar-refractivity contribution in [3.63, 3.8) is 0 Å². The predicted octanol–water partition coefficient (Wildman–Crippen LogP) is 3.26. The number of hydrogen-bond donors (Lipinski definition) is 0. The molecule has 2 aromatic rings. The Morgan fingerprint density at radius 1 is 1.16 bits per heavy atom. The van der Waals surface area contributed by atoms with E-state index in [1.165, 1.54) is 23.2 Å². The Kier molecular flexibility index (Phi) is 2.97. The van der Waals surface area contributed by atoms with Gasteiger partial charge in [-0.1, -0.05) is 17.7 Å². The summed E-state index contributed by atoms with van der Waals surface area (Å²) < 4.78 is 1.96. The van der Waals surface area contributed by atoms with Gasteiger partial charge in [0.15, 0.2) is 5.78 Å². The smallest absolute Gasteiger partial charge is 0.180 e. The van der Waals surface area contributed by atoms with Crippen molar-refractivity contribution in [2.24, 2.45) is 0 Å². The van der Waals surface area contributed by atoms with E-state index in [2.05, 4.69) is 36.3 Å². The number of aromatic nitrogens is 2. The van der Waals surface area contributed by atoms with E-state index < -0.39 is 0 Å². The topological polar surface area (TPSA) is 34.9 Å². The average Bonchev–Trinajstić information content (AvgIpc) is 2.79. The Morgan fingerprint density at radius 2 is 1.84 bits per heavy atom. The van der Waals surface area contributed by atoms with Crippen LogP contribution >= 0.6 is 0 Å². The Hall–Kier alpha value is -1.90. The first kappa shape index (κ1) is 12.2. The third kappa shape index (κ3) is 2.09. The molecule has 0 atom stereocenters. The van der Waals surface area contributed by atoms with Gasteiger partial charge in [0.05, 0.1) is 5.69 Å². The molecule has 1 aliphatic carbocycles. The molecule has 19 heavy (non-hydrogen) atoms. The van der Waals surface area contributed by atoms with E-state index in [0.717, 1.165) is 24.9 Å². The van der Waals surface area contributed by atoms with Crippen molar-refractivity contribution < 1.29 is 4.79 Å². The van der Waals surface area contributed by atoms with Crippen LogP contribution in [-0.2, 0) is 12.8 Å². The van der Waals surface area contributed by atoms with Gasteiger partial charge in [-0.3, -0.25) is 4.79 Å². The molecule has 1 aromatic heterocycles. The minimum atomic E-state index is 0.0732. The second-order valence-electron chi connectivity index (χ2n) is 5.28. The van der Waals surface area contributed by atoms with E-state index in [4.69, 9.17) is 0 Å². The monoisotopic (exact) mass is 254 g/mol. The zero-order valence-electron chi connectivity index (χ0n) is 11.4. The van der Waals surface area contributed by atoms with Crippen molar-refractivity contribution >= 4 is 5.78 Å². The van der Waals surface area contributed by atoms with Crippen molar-refractivity contribution in [1.29, 1.82) is 0 Å². The van der Waals surface area contributed by atoms with Crippen LogP contribution in [0.15, 0.2) is 24.3 Å². The fourth-order valence-corrected chi connectivity index (χ4v) is 2.78. The molecule has 3 rings (SSSR count). The lowest BCUT2D eigenvalue weighted by Gasteiger charge is -2.14. The van der Waals surface area contributed by atoms with Crippen LogP contribution in [0, 0.1) is 6.92 Å². The first-order chi connectivity index (χ1) is 9.16. The van der Waals surface area contributed by atoms with Crippen LogP contribution in [0.5, 0.6) is 0 Å². The van der Waals surface area contributed by atoms with E-state index in [9.17, 15) is 4.79 Å². The maximum absolute atomic E-state index is 11.7. The van der Waals surface area contributed by atoms with Crippen molar-refractivity contribution in [2.75, 3.05) is 0 Å². The fourth-order valence-electron chi connectivity index (χ4n) is 2.78. The summed E-state index contributed by atoms with van der Waals surface area (Å²) in [5.41, 5.74) is 5.34. The molecular formula is C16H18N2O. The van der Waals surface area contributed by atoms with Crippen molar-refractivity contribution in [1.82, 2.24) is 9.78 Å². The molecule has 0 bridgehead atoms. The average molecular weight is 254 g/mol. The molecule has 0 aliphatic heterocycles. The SMILES string of the molecule is CC(=O)c1nn(-c2ccc(C)cc2)c2c1CCCC2. The maximum Gasteiger partial charge on any atom is 0.180 e. The molecule has 0 fully saturated rings. The second kappa shape index (κ2) is 4.65. The number of rotatable bonds is 2. The third-order valence-corrected chi connectivity index (χ3v) is 3.79. The highest BCUT2D eigenvalue weighted by molar-refractivity contribution is 5.94. The van der Waals surface area contributed by atoms with Gasteiger partial charge < -0.3 is 0 Å². The molecule has 98 valence electrons. The van der Waals surface area contributed by atoms with Crippen LogP contribution in [0.4, 0.5) is 0 Å². The van der Waals surface area contributed by atoms with Crippen LogP contribution < -0.4 is 0 Å². The Bertz CT molecular complexity index is 623. The molecule has 0 saturated heterocycles. The second-order valence-corrected chi connectivity index (χ2v) is 5.28. The van der Waals surface area contributed by atoms with Gasteiger partial charge in [0, 0.05) is 18.2 Å². The molecule has 0 N–H and O–H groups in total. The summed E-state index contributed by atoms with van der Waals surface area (Å²) in [6.07, 6.45) is 4.34. The molecule has 1 aromatic carbocycles. The third-order valence-electron chi connectivity index (χ3n) is 3.79. The molecule has 0 spiro atoms. The van der Waals surface area contributed by atoms with Crippen molar-refractivity contribution in [3.8, 4) is 5.69 Å². The zero-order valence-corrected chi connectivity index (χ0v) is 11.4. The van der Waals surface area contributed by atoms with Crippen LogP contribution in [0.3, 0.4) is 0 Å². The summed E-state index contributed by atoms with van der Waals surface area (Å²) in [5, 5.41) is 4.56. The highest BCUT2D eigenvalue weighted by Crippen LogP contribution is 2.27. The van der Waals surface area contributed by atoms with E-state index >= 15 is 0 Å². The molecule has 3 heteroatoms. The largest absolute Gasteiger partial charge is 0.293 e. The highest BCUT2D eigenvalue weighted by Gasteiger charge is 2.23. The number of ketones is 1. The first-order valence-electron chi connectivity index (χ1n) is 6.85. The number of Topliss-reactive ketones (excluding diaryl/α,β-unsaturated/α-hetero) is 1. The van der Waals surface area contributed by atoms with Crippen molar-refractivity contribution in [3.05, 3.63) is 46.8 Å². The fraction of sp³-hybridized carbons (Fsp3) is 0.375. The van der Waals surface area contributed by atoms with Crippen LogP contribution in [-0.4, -0.2) is 15.6 Å². The lowest BCUT2D eigenvalue weighted by molar-refractivity contribution is 0.101. The van der Waals surface area contributed by atoms with Gasteiger partial charge in [-0.2, -0.15) is 5.10 Å². The lowest BCUT2D eigenvalue weighted by atomic mass is 9.95. The first-order valence-corrected chi connectivity index (χ1v) is 6.85. The Morgan fingerprint density at radius 3 is 2.53 bits per heavy atom. The molecule has 3 nitrogen and oxygen atoms in total. The van der Waals surface area contributed by atoms with Gasteiger partial charge in [-0.25, -0.2) is 4.68 Å². The number of benzene rings is 1. The van der Waals surface area contributed by atoms with E-state index in [-0.39, 0.29) is 5.78 Å². The van der Waals surface area contributed by atoms with Gasteiger partial charge in [-0.15, -0.1) is 0 Å². The number of carbonyl (C=O) groups excluding carboxylic acids is 1. The molecular weight excluding hydrogens is 236 g/mol. The van der Waals surface area contributed by atoms with Gasteiger partial charge in [0.1, 0.15) is 5.69 Å². The Balaban J connectivity index is 2.16. The molecule has 0 amide bonds. The number of carbonyl (C=O) groups is 1. The Labute approximate surface area is 113 Å². The van der Waals surface area contributed by atoms with E-state index in [1.54, 1.807) is 6.92 Å². The molecule has 1 aliphatic rings. The number of nitrogens with zero attached hydrogens (tertiary/aromatic N) is 2. The number of aryl methyl sites for hydroxylation is 1. The summed E-state index contributed by atoms with van der Waals surface area (Å²) in [4.78, 5) is 11.7. The van der Waals surface area contributed by atoms with Gasteiger partial charge >= 0.3 is 0 Å². The van der Waals surface area contributed by atoms with Crippen LogP contribution in [0.2, 0.25) is 0 Å². The van der Waals surface area contributed by atoms with Gasteiger partial charge in [0.2, 0.25) is 0 Å². The quantitative estimate of drug-likeness (QED) is 0.771. The normalized spacial score (nSPS) is 14.2. The summed E-state index contributed by atoms with van der Waals surface area (Å²) in [6, 6.07) is 8.31. The van der Waals surface area contributed by atoms with Gasteiger partial charge in [0.25, 0.3) is 0 Å². The molecule has 1 heterocycles. The van der Waals surface area contributed by atoms with Gasteiger partial charge in [-0.05, 0) is 44.7 Å². The minimum Gasteiger partial charge on any atom is -0.293 e. The summed E-state index contributed by atoms with van der Waals surface area (Å²) in [5.74, 6) is 0.0732.